The second-order valence-electron chi connectivity index (χ2n) is 5.70. The maximum absolute atomic E-state index is 12.4. The molecule has 0 aliphatic carbocycles. The topological polar surface area (TPSA) is 93.2 Å². The Morgan fingerprint density at radius 1 is 1.07 bits per heavy atom. The fourth-order valence-corrected chi connectivity index (χ4v) is 2.66. The molecule has 0 aliphatic rings. The minimum absolute atomic E-state index is 0.181. The molecule has 0 bridgehead atoms. The number of aromatic nitrogens is 2. The lowest BCUT2D eigenvalue weighted by Gasteiger charge is -2.10. The van der Waals surface area contributed by atoms with Crippen molar-refractivity contribution in [2.45, 2.75) is 6.54 Å². The summed E-state index contributed by atoms with van der Waals surface area (Å²) in [5, 5.41) is 6.29. The number of ether oxygens (including phenoxy) is 1. The number of methoxy groups -OCH3 is 1. The minimum atomic E-state index is -0.489. The first-order valence-corrected chi connectivity index (χ1v) is 8.75. The van der Waals surface area contributed by atoms with Crippen LogP contribution in [-0.2, 0) is 11.3 Å². The highest BCUT2D eigenvalue weighted by Gasteiger charge is 2.14. The van der Waals surface area contributed by atoms with Gasteiger partial charge in [0, 0.05) is 17.8 Å². The van der Waals surface area contributed by atoms with Gasteiger partial charge in [0.15, 0.2) is 0 Å². The van der Waals surface area contributed by atoms with E-state index < -0.39 is 5.97 Å². The van der Waals surface area contributed by atoms with Crippen LogP contribution in [0.25, 0.3) is 0 Å². The summed E-state index contributed by atoms with van der Waals surface area (Å²) >= 11 is 6.10. The van der Waals surface area contributed by atoms with E-state index in [-0.39, 0.29) is 24.1 Å². The fraction of sp³-hybridized carbons (Fsp3) is 0.100. The van der Waals surface area contributed by atoms with Crippen LogP contribution in [0.3, 0.4) is 0 Å². The van der Waals surface area contributed by atoms with Crippen molar-refractivity contribution in [2.24, 2.45) is 0 Å². The largest absolute Gasteiger partial charge is 0.465 e. The van der Waals surface area contributed by atoms with E-state index >= 15 is 0 Å². The van der Waals surface area contributed by atoms with Gasteiger partial charge in [-0.3, -0.25) is 4.79 Å². The van der Waals surface area contributed by atoms with Gasteiger partial charge in [-0.25, -0.2) is 14.8 Å². The molecule has 0 aliphatic heterocycles. The molecule has 0 saturated carbocycles. The quantitative estimate of drug-likeness (QED) is 0.618. The van der Waals surface area contributed by atoms with Gasteiger partial charge in [0.1, 0.15) is 5.69 Å². The number of nitrogens with zero attached hydrogens (tertiary/aromatic N) is 2. The minimum Gasteiger partial charge on any atom is -0.465 e. The van der Waals surface area contributed by atoms with Gasteiger partial charge in [-0.2, -0.15) is 0 Å². The number of nitrogens with one attached hydrogen (secondary N) is 2. The predicted octanol–water partition coefficient (Wildman–Crippen LogP) is 3.59. The molecule has 0 atom stereocenters. The van der Waals surface area contributed by atoms with Crippen molar-refractivity contribution in [1.82, 2.24) is 15.3 Å². The molecule has 1 heterocycles. The van der Waals surface area contributed by atoms with E-state index in [0.717, 1.165) is 5.56 Å². The third kappa shape index (κ3) is 4.63. The highest BCUT2D eigenvalue weighted by Crippen LogP contribution is 2.19. The lowest BCUT2D eigenvalue weighted by molar-refractivity contribution is 0.0601. The Morgan fingerprint density at radius 3 is 2.61 bits per heavy atom. The zero-order chi connectivity index (χ0) is 19.9. The number of carbonyl (C=O) groups excluding carboxylic acids is 2. The molecule has 2 N–H and O–H groups in total. The number of anilines is 2. The number of benzene rings is 2. The van der Waals surface area contributed by atoms with E-state index in [2.05, 4.69) is 20.6 Å². The van der Waals surface area contributed by atoms with E-state index in [4.69, 9.17) is 16.3 Å². The van der Waals surface area contributed by atoms with Gasteiger partial charge < -0.3 is 15.4 Å². The van der Waals surface area contributed by atoms with Gasteiger partial charge in [-0.05, 0) is 29.8 Å². The predicted molar refractivity (Wildman–Crippen MR) is 106 cm³/mol. The van der Waals surface area contributed by atoms with E-state index in [9.17, 15) is 9.59 Å². The van der Waals surface area contributed by atoms with E-state index in [1.165, 1.54) is 19.4 Å². The standard InChI is InChI=1S/C20H17ClN4O3/c1-28-19(27)14-7-3-5-9-16(14)24-20-22-11-10-17(25-20)18(26)23-12-13-6-2-4-8-15(13)21/h2-11H,12H2,1H3,(H,23,26)(H,22,24,25). The molecule has 3 rings (SSSR count). The number of rotatable bonds is 6. The molecule has 142 valence electrons. The third-order valence-electron chi connectivity index (χ3n) is 3.86. The molecule has 3 aromatic rings. The van der Waals surface area contributed by atoms with E-state index in [1.54, 1.807) is 30.3 Å². The molecule has 28 heavy (non-hydrogen) atoms. The maximum atomic E-state index is 12.4. The Labute approximate surface area is 166 Å². The van der Waals surface area contributed by atoms with Crippen LogP contribution >= 0.6 is 11.6 Å². The third-order valence-corrected chi connectivity index (χ3v) is 4.23. The van der Waals surface area contributed by atoms with Crippen LogP contribution < -0.4 is 10.6 Å². The van der Waals surface area contributed by atoms with Gasteiger partial charge in [0.25, 0.3) is 5.91 Å². The highest BCUT2D eigenvalue weighted by atomic mass is 35.5. The molecular weight excluding hydrogens is 380 g/mol. The van der Waals surface area contributed by atoms with Crippen molar-refractivity contribution in [3.63, 3.8) is 0 Å². The van der Waals surface area contributed by atoms with E-state index in [0.29, 0.717) is 16.3 Å². The van der Waals surface area contributed by atoms with Crippen molar-refractivity contribution in [1.29, 1.82) is 0 Å². The van der Waals surface area contributed by atoms with Gasteiger partial charge in [0.2, 0.25) is 5.95 Å². The van der Waals surface area contributed by atoms with Gasteiger partial charge in [0.05, 0.1) is 18.4 Å². The maximum Gasteiger partial charge on any atom is 0.339 e. The molecule has 1 aromatic heterocycles. The summed E-state index contributed by atoms with van der Waals surface area (Å²) in [6.45, 7) is 0.274. The van der Waals surface area contributed by atoms with Crippen molar-refractivity contribution >= 4 is 35.1 Å². The number of carbonyl (C=O) groups is 2. The first kappa shape index (κ1) is 19.3. The average Bonchev–Trinajstić information content (AvgIpc) is 2.73. The van der Waals surface area contributed by atoms with Gasteiger partial charge >= 0.3 is 5.97 Å². The summed E-state index contributed by atoms with van der Waals surface area (Å²) in [4.78, 5) is 32.6. The fourth-order valence-electron chi connectivity index (χ4n) is 2.45. The molecule has 0 saturated heterocycles. The molecular formula is C20H17ClN4O3. The highest BCUT2D eigenvalue weighted by molar-refractivity contribution is 6.31. The molecule has 2 aromatic carbocycles. The molecule has 0 unspecified atom stereocenters. The first-order valence-electron chi connectivity index (χ1n) is 8.37. The SMILES string of the molecule is COC(=O)c1ccccc1Nc1nccc(C(=O)NCc2ccccc2Cl)n1. The number of amides is 1. The van der Waals surface area contributed by atoms with Crippen LogP contribution in [0, 0.1) is 0 Å². The number of hydrogen-bond donors (Lipinski definition) is 2. The summed E-state index contributed by atoms with van der Waals surface area (Å²) in [5.41, 5.74) is 1.79. The van der Waals surface area contributed by atoms with Crippen molar-refractivity contribution < 1.29 is 14.3 Å². The monoisotopic (exact) mass is 396 g/mol. The second-order valence-corrected chi connectivity index (χ2v) is 6.11. The number of hydrogen-bond acceptors (Lipinski definition) is 6. The van der Waals surface area contributed by atoms with Crippen LogP contribution in [0.1, 0.15) is 26.4 Å². The van der Waals surface area contributed by atoms with Crippen molar-refractivity contribution in [3.05, 3.63) is 82.6 Å². The Kier molecular flexibility index (Phi) is 6.18. The summed E-state index contributed by atoms with van der Waals surface area (Å²) < 4.78 is 4.77. The smallest absolute Gasteiger partial charge is 0.339 e. The van der Waals surface area contributed by atoms with Gasteiger partial charge in [-0.1, -0.05) is 41.9 Å². The van der Waals surface area contributed by atoms with Crippen molar-refractivity contribution in [3.8, 4) is 0 Å². The number of para-hydroxylation sites is 1. The Balaban J connectivity index is 1.73. The summed E-state index contributed by atoms with van der Waals surface area (Å²) in [5.74, 6) is -0.676. The van der Waals surface area contributed by atoms with Crippen LogP contribution in [-0.4, -0.2) is 29.0 Å². The number of esters is 1. The van der Waals surface area contributed by atoms with Crippen LogP contribution in [0.15, 0.2) is 60.8 Å². The number of halogens is 1. The van der Waals surface area contributed by atoms with Crippen LogP contribution in [0.2, 0.25) is 5.02 Å². The molecule has 7 nitrogen and oxygen atoms in total. The Bertz CT molecular complexity index is 1010. The van der Waals surface area contributed by atoms with Crippen LogP contribution in [0.4, 0.5) is 11.6 Å². The van der Waals surface area contributed by atoms with Crippen LogP contribution in [0.5, 0.6) is 0 Å². The average molecular weight is 397 g/mol. The normalized spacial score (nSPS) is 10.2. The molecule has 8 heteroatoms. The molecule has 0 fully saturated rings. The molecule has 0 spiro atoms. The Morgan fingerprint density at radius 2 is 1.82 bits per heavy atom. The van der Waals surface area contributed by atoms with Crippen molar-refractivity contribution in [2.75, 3.05) is 12.4 Å². The summed E-state index contributed by atoms with van der Waals surface area (Å²) in [7, 11) is 1.31. The molecule has 1 amide bonds. The summed E-state index contributed by atoms with van der Waals surface area (Å²) in [6.07, 6.45) is 1.46. The van der Waals surface area contributed by atoms with E-state index in [1.807, 2.05) is 18.2 Å². The second kappa shape index (κ2) is 8.96. The molecule has 0 radical (unpaired) electrons. The first-order chi connectivity index (χ1) is 13.6. The lowest BCUT2D eigenvalue weighted by Crippen LogP contribution is -2.24. The lowest BCUT2D eigenvalue weighted by atomic mass is 10.2. The summed E-state index contributed by atoms with van der Waals surface area (Å²) in [6, 6.07) is 15.5. The zero-order valence-electron chi connectivity index (χ0n) is 15.0. The Hall–Kier alpha value is -3.45. The van der Waals surface area contributed by atoms with Gasteiger partial charge in [-0.15, -0.1) is 0 Å². The zero-order valence-corrected chi connectivity index (χ0v) is 15.7.